The van der Waals surface area contributed by atoms with Gasteiger partial charge in [0, 0.05) is 12.8 Å². The molecule has 0 N–H and O–H groups in total. The summed E-state index contributed by atoms with van der Waals surface area (Å²) in [7, 11) is 0. The van der Waals surface area contributed by atoms with Gasteiger partial charge in [-0.25, -0.2) is 4.79 Å². The summed E-state index contributed by atoms with van der Waals surface area (Å²) in [6.07, 6.45) is 4.50. The highest BCUT2D eigenvalue weighted by atomic mass is 16.5. The number of hydrogen-bond acceptors (Lipinski definition) is 4. The van der Waals surface area contributed by atoms with Gasteiger partial charge >= 0.3 is 5.97 Å². The fourth-order valence-electron chi connectivity index (χ4n) is 3.14. The van der Waals surface area contributed by atoms with Crippen molar-refractivity contribution in [2.75, 3.05) is 0 Å². The molecular formula is C22H26O4. The molecule has 0 amide bonds. The second-order valence-corrected chi connectivity index (χ2v) is 7.03. The van der Waals surface area contributed by atoms with E-state index >= 15 is 0 Å². The maximum Gasteiger partial charge on any atom is 0.374 e. The number of rotatable bonds is 8. The molecule has 0 heterocycles. The second kappa shape index (κ2) is 9.27. The maximum atomic E-state index is 12.3. The molecule has 1 unspecified atom stereocenters. The molecule has 4 heteroatoms. The summed E-state index contributed by atoms with van der Waals surface area (Å²) < 4.78 is 5.00. The van der Waals surface area contributed by atoms with Gasteiger partial charge in [-0.3, -0.25) is 9.59 Å². The van der Waals surface area contributed by atoms with Gasteiger partial charge in [-0.1, -0.05) is 68.8 Å². The molecule has 138 valence electrons. The molecule has 1 aliphatic carbocycles. The fraction of sp³-hybridized carbons (Fsp3) is 0.409. The Morgan fingerprint density at radius 3 is 2.38 bits per heavy atom. The van der Waals surface area contributed by atoms with Crippen molar-refractivity contribution in [1.82, 2.24) is 0 Å². The number of Topliss-reactive ketones (excluding diaryl/α,β-unsaturated/α-hetero) is 2. The summed E-state index contributed by atoms with van der Waals surface area (Å²) >= 11 is 0. The second-order valence-electron chi connectivity index (χ2n) is 7.03. The molecular weight excluding hydrogens is 328 g/mol. The van der Waals surface area contributed by atoms with Crippen LogP contribution in [0.5, 0.6) is 0 Å². The standard InChI is InChI=1S/C22H26O4/c1-15(2)19-10-9-18(13-16(19)3)20(23)11-12-21(24)22(25)26-14-17-7-5-4-6-8-17/h4-10,15-16H,11-14H2,1-3H3. The van der Waals surface area contributed by atoms with E-state index in [0.29, 0.717) is 18.3 Å². The van der Waals surface area contributed by atoms with Crippen molar-refractivity contribution in [2.45, 2.75) is 46.6 Å². The zero-order valence-electron chi connectivity index (χ0n) is 15.7. The van der Waals surface area contributed by atoms with E-state index in [1.54, 1.807) is 0 Å². The normalized spacial score (nSPS) is 16.7. The Labute approximate surface area is 154 Å². The number of esters is 1. The molecule has 0 saturated carbocycles. The Morgan fingerprint density at radius 1 is 1.08 bits per heavy atom. The number of benzene rings is 1. The Morgan fingerprint density at radius 2 is 1.77 bits per heavy atom. The minimum atomic E-state index is -0.880. The summed E-state index contributed by atoms with van der Waals surface area (Å²) in [4.78, 5) is 36.0. The lowest BCUT2D eigenvalue weighted by atomic mass is 9.81. The van der Waals surface area contributed by atoms with Gasteiger partial charge in [0.2, 0.25) is 5.78 Å². The predicted molar refractivity (Wildman–Crippen MR) is 100 cm³/mol. The molecule has 0 radical (unpaired) electrons. The maximum absolute atomic E-state index is 12.3. The van der Waals surface area contributed by atoms with E-state index in [-0.39, 0.29) is 25.2 Å². The van der Waals surface area contributed by atoms with Crippen LogP contribution in [0, 0.1) is 11.8 Å². The van der Waals surface area contributed by atoms with Crippen LogP contribution in [-0.4, -0.2) is 17.5 Å². The average Bonchev–Trinajstić information content (AvgIpc) is 2.64. The summed E-state index contributed by atoms with van der Waals surface area (Å²) in [5, 5.41) is 0. The zero-order valence-corrected chi connectivity index (χ0v) is 15.7. The van der Waals surface area contributed by atoms with Crippen LogP contribution in [0.2, 0.25) is 0 Å². The molecule has 2 rings (SSSR count). The third-order valence-corrected chi connectivity index (χ3v) is 4.62. The average molecular weight is 354 g/mol. The minimum Gasteiger partial charge on any atom is -0.455 e. The van der Waals surface area contributed by atoms with Gasteiger partial charge < -0.3 is 4.74 Å². The number of ether oxygens (including phenoxy) is 1. The van der Waals surface area contributed by atoms with E-state index in [1.807, 2.05) is 42.5 Å². The lowest BCUT2D eigenvalue weighted by Gasteiger charge is -2.23. The monoisotopic (exact) mass is 354 g/mol. The van der Waals surface area contributed by atoms with Gasteiger partial charge in [-0.15, -0.1) is 0 Å². The van der Waals surface area contributed by atoms with Gasteiger partial charge in [-0.2, -0.15) is 0 Å². The summed E-state index contributed by atoms with van der Waals surface area (Å²) in [5.74, 6) is -0.823. The van der Waals surface area contributed by atoms with Crippen molar-refractivity contribution < 1.29 is 19.1 Å². The summed E-state index contributed by atoms with van der Waals surface area (Å²) in [6.45, 7) is 6.45. The van der Waals surface area contributed by atoms with Gasteiger partial charge in [0.25, 0.3) is 0 Å². The van der Waals surface area contributed by atoms with Crippen LogP contribution in [0.4, 0.5) is 0 Å². The molecule has 0 spiro atoms. The van der Waals surface area contributed by atoms with Crippen LogP contribution >= 0.6 is 0 Å². The first-order chi connectivity index (χ1) is 12.4. The van der Waals surface area contributed by atoms with Crippen molar-refractivity contribution in [3.8, 4) is 0 Å². The highest BCUT2D eigenvalue weighted by molar-refractivity contribution is 6.34. The Balaban J connectivity index is 1.81. The van der Waals surface area contributed by atoms with Crippen LogP contribution in [0.3, 0.4) is 0 Å². The van der Waals surface area contributed by atoms with Gasteiger partial charge in [0.15, 0.2) is 5.78 Å². The van der Waals surface area contributed by atoms with Gasteiger partial charge in [-0.05, 0) is 29.4 Å². The topological polar surface area (TPSA) is 60.4 Å². The Kier molecular flexibility index (Phi) is 7.07. The van der Waals surface area contributed by atoms with Crippen LogP contribution < -0.4 is 0 Å². The molecule has 0 fully saturated rings. The van der Waals surface area contributed by atoms with E-state index in [1.165, 1.54) is 5.57 Å². The molecule has 26 heavy (non-hydrogen) atoms. The fourth-order valence-corrected chi connectivity index (χ4v) is 3.14. The van der Waals surface area contributed by atoms with Crippen molar-refractivity contribution in [2.24, 2.45) is 11.8 Å². The van der Waals surface area contributed by atoms with E-state index in [0.717, 1.165) is 11.1 Å². The van der Waals surface area contributed by atoms with E-state index in [2.05, 4.69) is 20.8 Å². The molecule has 1 aliphatic rings. The summed E-state index contributed by atoms with van der Waals surface area (Å²) in [5.41, 5.74) is 2.88. The van der Waals surface area contributed by atoms with Gasteiger partial charge in [0.05, 0.1) is 0 Å². The molecule has 1 aromatic carbocycles. The van der Waals surface area contributed by atoms with Crippen molar-refractivity contribution >= 4 is 17.5 Å². The Hall–Kier alpha value is -2.49. The van der Waals surface area contributed by atoms with Crippen LogP contribution in [0.1, 0.15) is 45.6 Å². The van der Waals surface area contributed by atoms with Crippen LogP contribution in [0.25, 0.3) is 0 Å². The number of allylic oxidation sites excluding steroid dienone is 4. The molecule has 1 atom stereocenters. The Bertz CT molecular complexity index is 726. The third-order valence-electron chi connectivity index (χ3n) is 4.62. The SMILES string of the molecule is CC(C)C1=CC=C(C(=O)CCC(=O)C(=O)OCc2ccccc2)CC1C. The first kappa shape index (κ1) is 19.8. The first-order valence-electron chi connectivity index (χ1n) is 9.06. The van der Waals surface area contributed by atoms with Crippen LogP contribution in [-0.2, 0) is 25.7 Å². The predicted octanol–water partition coefficient (Wildman–Crippen LogP) is 4.20. The highest BCUT2D eigenvalue weighted by Gasteiger charge is 2.23. The van der Waals surface area contributed by atoms with E-state index in [4.69, 9.17) is 4.74 Å². The number of hydrogen-bond donors (Lipinski definition) is 0. The first-order valence-corrected chi connectivity index (χ1v) is 9.06. The molecule has 4 nitrogen and oxygen atoms in total. The van der Waals surface area contributed by atoms with Crippen molar-refractivity contribution in [3.05, 3.63) is 59.2 Å². The number of ketones is 2. The number of carbonyl (C=O) groups is 3. The quantitative estimate of drug-likeness (QED) is 0.519. The third kappa shape index (κ3) is 5.51. The molecule has 0 bridgehead atoms. The van der Waals surface area contributed by atoms with E-state index < -0.39 is 11.8 Å². The smallest absolute Gasteiger partial charge is 0.374 e. The lowest BCUT2D eigenvalue weighted by molar-refractivity contribution is -0.155. The summed E-state index contributed by atoms with van der Waals surface area (Å²) in [6, 6.07) is 9.17. The lowest BCUT2D eigenvalue weighted by Crippen LogP contribution is -2.20. The molecule has 1 aromatic rings. The van der Waals surface area contributed by atoms with Crippen molar-refractivity contribution in [3.63, 3.8) is 0 Å². The number of carbonyl (C=O) groups excluding carboxylic acids is 3. The minimum absolute atomic E-state index is 0.0443. The molecule has 0 saturated heterocycles. The zero-order chi connectivity index (χ0) is 19.1. The van der Waals surface area contributed by atoms with E-state index in [9.17, 15) is 14.4 Å². The van der Waals surface area contributed by atoms with Gasteiger partial charge in [0.1, 0.15) is 6.61 Å². The molecule has 0 aromatic heterocycles. The largest absolute Gasteiger partial charge is 0.455 e. The molecule has 0 aliphatic heterocycles. The highest BCUT2D eigenvalue weighted by Crippen LogP contribution is 2.30. The van der Waals surface area contributed by atoms with Crippen LogP contribution in [0.15, 0.2) is 53.6 Å². The van der Waals surface area contributed by atoms with Crippen molar-refractivity contribution in [1.29, 1.82) is 0 Å².